The molecule has 0 aliphatic carbocycles. The number of hydrogen-bond donors (Lipinski definition) is 6. The molecule has 0 bridgehead atoms. The smallest absolute Gasteiger partial charge is 0.325 e. The van der Waals surface area contributed by atoms with Crippen LogP contribution in [0.2, 0.25) is 0 Å². The molecule has 11 nitrogen and oxygen atoms in total. The largest absolute Gasteiger partial charge is 0.480 e. The Hall–Kier alpha value is -2.69. The highest BCUT2D eigenvalue weighted by molar-refractivity contribution is 5.95. The molecule has 0 rings (SSSR count). The predicted octanol–water partition coefficient (Wildman–Crippen LogP) is -2.19. The number of nitrogens with two attached hydrogens (primary N) is 2. The monoisotopic (exact) mass is 387 g/mol. The van der Waals surface area contributed by atoms with Crippen molar-refractivity contribution in [3.05, 3.63) is 0 Å². The van der Waals surface area contributed by atoms with Gasteiger partial charge in [0.25, 0.3) is 0 Å². The Morgan fingerprint density at radius 1 is 0.852 bits per heavy atom. The summed E-state index contributed by atoms with van der Waals surface area (Å²) in [6.45, 7) is 6.34. The quantitative estimate of drug-likeness (QED) is 0.232. The Balaban J connectivity index is 4.96. The molecular weight excluding hydrogens is 358 g/mol. The third kappa shape index (κ3) is 9.54. The zero-order chi connectivity index (χ0) is 21.3. The van der Waals surface area contributed by atoms with Crippen LogP contribution in [0.5, 0.6) is 0 Å². The molecule has 0 aliphatic heterocycles. The number of nitrogens with one attached hydrogen (secondary N) is 3. The number of carboxylic acids is 1. The van der Waals surface area contributed by atoms with Gasteiger partial charge in [-0.3, -0.25) is 24.0 Å². The molecule has 0 aromatic carbocycles. The Morgan fingerprint density at radius 2 is 1.37 bits per heavy atom. The summed E-state index contributed by atoms with van der Waals surface area (Å²) in [6, 6.07) is -4.42. The van der Waals surface area contributed by atoms with Gasteiger partial charge in [0.2, 0.25) is 23.6 Å². The van der Waals surface area contributed by atoms with Crippen LogP contribution in [-0.2, 0) is 24.0 Å². The van der Waals surface area contributed by atoms with Crippen molar-refractivity contribution in [3.63, 3.8) is 0 Å². The number of carboxylic acid groups (broad SMARTS) is 1. The van der Waals surface area contributed by atoms with Crippen LogP contribution in [-0.4, -0.2) is 58.9 Å². The van der Waals surface area contributed by atoms with Crippen molar-refractivity contribution in [1.82, 2.24) is 16.0 Å². The lowest BCUT2D eigenvalue weighted by Crippen LogP contribution is -2.56. The molecule has 0 aliphatic rings. The summed E-state index contributed by atoms with van der Waals surface area (Å²) < 4.78 is 0. The minimum atomic E-state index is -1.31. The highest BCUT2D eigenvalue weighted by atomic mass is 16.4. The van der Waals surface area contributed by atoms with Crippen molar-refractivity contribution in [2.75, 3.05) is 0 Å². The summed E-state index contributed by atoms with van der Waals surface area (Å²) in [4.78, 5) is 58.3. The van der Waals surface area contributed by atoms with E-state index in [1.54, 1.807) is 0 Å². The first-order valence-electron chi connectivity index (χ1n) is 8.52. The Labute approximate surface area is 157 Å². The van der Waals surface area contributed by atoms with E-state index in [9.17, 15) is 24.0 Å². The molecule has 27 heavy (non-hydrogen) atoms. The van der Waals surface area contributed by atoms with Gasteiger partial charge >= 0.3 is 5.97 Å². The van der Waals surface area contributed by atoms with E-state index >= 15 is 0 Å². The van der Waals surface area contributed by atoms with E-state index in [1.807, 2.05) is 13.8 Å². The average molecular weight is 387 g/mol. The van der Waals surface area contributed by atoms with E-state index < -0.39 is 60.2 Å². The van der Waals surface area contributed by atoms with Crippen LogP contribution in [0.1, 0.15) is 40.5 Å². The molecule has 4 atom stereocenters. The van der Waals surface area contributed by atoms with Gasteiger partial charge in [-0.1, -0.05) is 13.8 Å². The van der Waals surface area contributed by atoms with E-state index in [2.05, 4.69) is 16.0 Å². The molecule has 4 unspecified atom stereocenters. The van der Waals surface area contributed by atoms with E-state index in [0.29, 0.717) is 6.42 Å². The van der Waals surface area contributed by atoms with E-state index in [-0.39, 0.29) is 5.92 Å². The van der Waals surface area contributed by atoms with Gasteiger partial charge in [-0.05, 0) is 26.2 Å². The topological polar surface area (TPSA) is 194 Å². The number of primary amides is 1. The van der Waals surface area contributed by atoms with Gasteiger partial charge in [-0.15, -0.1) is 0 Å². The first-order valence-corrected chi connectivity index (χ1v) is 8.52. The maximum Gasteiger partial charge on any atom is 0.325 e. The van der Waals surface area contributed by atoms with Crippen LogP contribution in [0.3, 0.4) is 0 Å². The van der Waals surface area contributed by atoms with Crippen LogP contribution < -0.4 is 27.4 Å². The van der Waals surface area contributed by atoms with E-state index in [1.165, 1.54) is 13.8 Å². The SMILES string of the molecule is CC(C)CC(N)C(=O)NC(CC(N)=O)C(=O)NC(C)C(=O)NC(C)C(=O)O. The van der Waals surface area contributed by atoms with Crippen molar-refractivity contribution in [3.8, 4) is 0 Å². The fourth-order valence-corrected chi connectivity index (χ4v) is 2.08. The summed E-state index contributed by atoms with van der Waals surface area (Å²) >= 11 is 0. The summed E-state index contributed by atoms with van der Waals surface area (Å²) in [5.74, 6) is -4.09. The van der Waals surface area contributed by atoms with E-state index in [0.717, 1.165) is 0 Å². The molecule has 0 aromatic heterocycles. The number of aliphatic carboxylic acids is 1. The zero-order valence-corrected chi connectivity index (χ0v) is 15.9. The molecule has 0 fully saturated rings. The number of hydrogen-bond acceptors (Lipinski definition) is 6. The van der Waals surface area contributed by atoms with Gasteiger partial charge in [-0.25, -0.2) is 0 Å². The molecule has 0 aromatic rings. The normalized spacial score (nSPS) is 15.2. The third-order valence-corrected chi connectivity index (χ3v) is 3.58. The Kier molecular flexibility index (Phi) is 10.0. The average Bonchev–Trinajstić information content (AvgIpc) is 2.52. The van der Waals surface area contributed by atoms with Gasteiger partial charge in [0.05, 0.1) is 12.5 Å². The molecule has 154 valence electrons. The highest BCUT2D eigenvalue weighted by Crippen LogP contribution is 2.04. The lowest BCUT2D eigenvalue weighted by atomic mass is 10.0. The Bertz CT molecular complexity index is 580. The summed E-state index contributed by atoms with van der Waals surface area (Å²) in [5.41, 5.74) is 10.9. The standard InChI is InChI=1S/C16H29N5O6/c1-7(2)5-10(17)14(24)21-11(6-12(18)22)15(25)19-8(3)13(23)20-9(4)16(26)27/h7-11H,5-6,17H2,1-4H3,(H2,18,22)(H,19,25)(H,20,23)(H,21,24)(H,26,27). The van der Waals surface area contributed by atoms with Gasteiger partial charge in [0, 0.05) is 0 Å². The van der Waals surface area contributed by atoms with Crippen molar-refractivity contribution in [2.45, 2.75) is 64.7 Å². The maximum atomic E-state index is 12.3. The second-order valence-electron chi connectivity index (χ2n) is 6.77. The number of carbonyl (C=O) groups excluding carboxylic acids is 4. The summed E-state index contributed by atoms with van der Waals surface area (Å²) in [5, 5.41) is 15.6. The summed E-state index contributed by atoms with van der Waals surface area (Å²) in [6.07, 6.45) is -0.103. The summed E-state index contributed by atoms with van der Waals surface area (Å²) in [7, 11) is 0. The minimum absolute atomic E-state index is 0.147. The molecule has 0 saturated carbocycles. The van der Waals surface area contributed by atoms with Crippen LogP contribution in [0, 0.1) is 5.92 Å². The first kappa shape index (κ1) is 24.3. The van der Waals surface area contributed by atoms with Gasteiger partial charge in [-0.2, -0.15) is 0 Å². The number of carbonyl (C=O) groups is 5. The minimum Gasteiger partial charge on any atom is -0.480 e. The molecule has 0 heterocycles. The molecule has 0 radical (unpaired) electrons. The zero-order valence-electron chi connectivity index (χ0n) is 15.9. The fourth-order valence-electron chi connectivity index (χ4n) is 2.08. The van der Waals surface area contributed by atoms with Gasteiger partial charge in [0.1, 0.15) is 18.1 Å². The van der Waals surface area contributed by atoms with Gasteiger partial charge < -0.3 is 32.5 Å². The van der Waals surface area contributed by atoms with Crippen molar-refractivity contribution >= 4 is 29.6 Å². The van der Waals surface area contributed by atoms with Crippen LogP contribution in [0.4, 0.5) is 0 Å². The second-order valence-corrected chi connectivity index (χ2v) is 6.77. The van der Waals surface area contributed by atoms with Gasteiger partial charge in [0.15, 0.2) is 0 Å². The lowest BCUT2D eigenvalue weighted by Gasteiger charge is -2.22. The lowest BCUT2D eigenvalue weighted by molar-refractivity contribution is -0.141. The Morgan fingerprint density at radius 3 is 1.81 bits per heavy atom. The van der Waals surface area contributed by atoms with Crippen LogP contribution in [0.15, 0.2) is 0 Å². The number of amides is 4. The molecule has 0 saturated heterocycles. The third-order valence-electron chi connectivity index (χ3n) is 3.58. The maximum absolute atomic E-state index is 12.3. The molecule has 4 amide bonds. The van der Waals surface area contributed by atoms with Crippen molar-refractivity contribution in [1.29, 1.82) is 0 Å². The predicted molar refractivity (Wildman–Crippen MR) is 96.0 cm³/mol. The van der Waals surface area contributed by atoms with Crippen LogP contribution in [0.25, 0.3) is 0 Å². The molecule has 0 spiro atoms. The molecular formula is C16H29N5O6. The van der Waals surface area contributed by atoms with Crippen LogP contribution >= 0.6 is 0 Å². The molecule has 11 heteroatoms. The molecule has 8 N–H and O–H groups in total. The highest BCUT2D eigenvalue weighted by Gasteiger charge is 2.28. The van der Waals surface area contributed by atoms with Crippen molar-refractivity contribution in [2.24, 2.45) is 17.4 Å². The van der Waals surface area contributed by atoms with Crippen molar-refractivity contribution < 1.29 is 29.1 Å². The second kappa shape index (κ2) is 11.1. The first-order chi connectivity index (χ1) is 12.3. The van der Waals surface area contributed by atoms with E-state index in [4.69, 9.17) is 16.6 Å². The number of rotatable bonds is 11. The fraction of sp³-hybridized carbons (Fsp3) is 0.688.